The molecule has 0 saturated heterocycles. The largest absolute Gasteiger partial charge is 0.444 e. The molecule has 1 aromatic carbocycles. The molecular formula is C13H16F2N2O3. The number of primary amides is 1. The van der Waals surface area contributed by atoms with Gasteiger partial charge in [0.1, 0.15) is 22.9 Å². The predicted molar refractivity (Wildman–Crippen MR) is 69.0 cm³/mol. The summed E-state index contributed by atoms with van der Waals surface area (Å²) in [5, 5.41) is 2.14. The van der Waals surface area contributed by atoms with Crippen LogP contribution >= 0.6 is 0 Å². The quantitative estimate of drug-likeness (QED) is 0.872. The van der Waals surface area contributed by atoms with E-state index in [9.17, 15) is 18.4 Å². The van der Waals surface area contributed by atoms with E-state index in [1.807, 2.05) is 0 Å². The van der Waals surface area contributed by atoms with Crippen LogP contribution in [0.25, 0.3) is 0 Å². The molecule has 0 fully saturated rings. The number of halogens is 2. The Kier molecular flexibility index (Phi) is 5.01. The van der Waals surface area contributed by atoms with Crippen molar-refractivity contribution in [3.05, 3.63) is 29.8 Å². The summed E-state index contributed by atoms with van der Waals surface area (Å²) in [5.74, 6) is -2.30. The smallest absolute Gasteiger partial charge is 0.405 e. The van der Waals surface area contributed by atoms with Crippen LogP contribution < -0.4 is 11.1 Å². The second-order valence-electron chi connectivity index (χ2n) is 4.83. The van der Waals surface area contributed by atoms with Gasteiger partial charge in [0, 0.05) is 6.42 Å². The van der Waals surface area contributed by atoms with Crippen molar-refractivity contribution in [2.24, 2.45) is 5.73 Å². The molecule has 0 unspecified atom stereocenters. The van der Waals surface area contributed by atoms with Crippen LogP contribution in [0.5, 0.6) is 0 Å². The number of para-hydroxylation sites is 1. The molecule has 2 amide bonds. The first-order chi connectivity index (χ1) is 9.21. The van der Waals surface area contributed by atoms with E-state index in [2.05, 4.69) is 5.32 Å². The Balaban J connectivity index is 2.59. The van der Waals surface area contributed by atoms with Crippen molar-refractivity contribution in [2.45, 2.75) is 32.3 Å². The predicted octanol–water partition coefficient (Wildman–Crippen LogP) is 2.56. The minimum absolute atomic E-state index is 0.0753. The zero-order valence-electron chi connectivity index (χ0n) is 11.2. The van der Waals surface area contributed by atoms with Gasteiger partial charge in [0.2, 0.25) is 5.91 Å². The fraction of sp³-hybridized carbons (Fsp3) is 0.385. The molecule has 20 heavy (non-hydrogen) atoms. The molecule has 0 aromatic heterocycles. The van der Waals surface area contributed by atoms with E-state index in [1.54, 1.807) is 13.8 Å². The maximum absolute atomic E-state index is 13.3. The van der Waals surface area contributed by atoms with E-state index in [1.165, 1.54) is 6.07 Å². The Morgan fingerprint density at radius 1 is 1.30 bits per heavy atom. The van der Waals surface area contributed by atoms with Crippen molar-refractivity contribution in [3.63, 3.8) is 0 Å². The van der Waals surface area contributed by atoms with Gasteiger partial charge in [0.15, 0.2) is 0 Å². The number of hydrogen-bond acceptors (Lipinski definition) is 3. The minimum atomic E-state index is -0.949. The highest BCUT2D eigenvalue weighted by Crippen LogP contribution is 2.20. The molecule has 0 saturated carbocycles. The van der Waals surface area contributed by atoms with Crippen LogP contribution in [0.15, 0.2) is 18.2 Å². The van der Waals surface area contributed by atoms with E-state index in [0.717, 1.165) is 12.1 Å². The topological polar surface area (TPSA) is 81.4 Å². The summed E-state index contributed by atoms with van der Waals surface area (Å²) in [4.78, 5) is 22.3. The van der Waals surface area contributed by atoms with Gasteiger partial charge in [-0.05, 0) is 32.4 Å². The van der Waals surface area contributed by atoms with E-state index < -0.39 is 34.9 Å². The molecule has 5 nitrogen and oxygen atoms in total. The molecule has 0 aliphatic rings. The third-order valence-electron chi connectivity index (χ3n) is 2.56. The zero-order chi connectivity index (χ0) is 15.3. The van der Waals surface area contributed by atoms with Gasteiger partial charge in [-0.15, -0.1) is 0 Å². The van der Waals surface area contributed by atoms with Gasteiger partial charge in [-0.25, -0.2) is 13.6 Å². The number of nitrogens with two attached hydrogens (primary N) is 1. The SMILES string of the molecule is CC(C)(CCC(=O)Nc1c(F)cccc1F)OC(N)=O. The fourth-order valence-corrected chi connectivity index (χ4v) is 1.56. The number of nitrogens with one attached hydrogen (secondary N) is 1. The Morgan fingerprint density at radius 3 is 2.35 bits per heavy atom. The zero-order valence-corrected chi connectivity index (χ0v) is 11.2. The molecule has 0 heterocycles. The lowest BCUT2D eigenvalue weighted by atomic mass is 10.0. The van der Waals surface area contributed by atoms with Crippen LogP contribution in [0.2, 0.25) is 0 Å². The van der Waals surface area contributed by atoms with Crippen LogP contribution in [0, 0.1) is 11.6 Å². The van der Waals surface area contributed by atoms with Gasteiger partial charge in [-0.1, -0.05) is 6.07 Å². The molecule has 0 radical (unpaired) electrons. The molecule has 0 spiro atoms. The summed E-state index contributed by atoms with van der Waals surface area (Å²) < 4.78 is 31.4. The van der Waals surface area contributed by atoms with Crippen molar-refractivity contribution in [3.8, 4) is 0 Å². The van der Waals surface area contributed by atoms with Crippen molar-refractivity contribution in [2.75, 3.05) is 5.32 Å². The maximum Gasteiger partial charge on any atom is 0.405 e. The first-order valence-corrected chi connectivity index (χ1v) is 5.93. The molecule has 1 rings (SSSR count). The van der Waals surface area contributed by atoms with Crippen LogP contribution in [0.1, 0.15) is 26.7 Å². The Labute approximate surface area is 115 Å². The fourth-order valence-electron chi connectivity index (χ4n) is 1.56. The van der Waals surface area contributed by atoms with Crippen LogP contribution in [0.4, 0.5) is 19.3 Å². The first-order valence-electron chi connectivity index (χ1n) is 5.93. The second kappa shape index (κ2) is 6.31. The van der Waals surface area contributed by atoms with Crippen LogP contribution in [0.3, 0.4) is 0 Å². The monoisotopic (exact) mass is 286 g/mol. The number of rotatable bonds is 5. The average Bonchev–Trinajstić information content (AvgIpc) is 2.30. The molecule has 1 aromatic rings. The summed E-state index contributed by atoms with van der Waals surface area (Å²) in [6.45, 7) is 3.16. The summed E-state index contributed by atoms with van der Waals surface area (Å²) in [7, 11) is 0. The van der Waals surface area contributed by atoms with Gasteiger partial charge < -0.3 is 15.8 Å². The molecule has 7 heteroatoms. The highest BCUT2D eigenvalue weighted by molar-refractivity contribution is 5.91. The highest BCUT2D eigenvalue weighted by Gasteiger charge is 2.23. The van der Waals surface area contributed by atoms with E-state index >= 15 is 0 Å². The molecule has 0 aliphatic carbocycles. The van der Waals surface area contributed by atoms with Crippen molar-refractivity contribution < 1.29 is 23.1 Å². The van der Waals surface area contributed by atoms with E-state index in [0.29, 0.717) is 0 Å². The Morgan fingerprint density at radius 2 is 1.85 bits per heavy atom. The standard InChI is InChI=1S/C13H16F2N2O3/c1-13(2,20-12(16)19)7-6-10(18)17-11-8(14)4-3-5-9(11)15/h3-5H,6-7H2,1-2H3,(H2,16,19)(H,17,18). The number of benzene rings is 1. The van der Waals surface area contributed by atoms with Gasteiger partial charge in [-0.3, -0.25) is 4.79 Å². The summed E-state index contributed by atoms with van der Waals surface area (Å²) in [6.07, 6.45) is -0.859. The lowest BCUT2D eigenvalue weighted by molar-refractivity contribution is -0.117. The molecular weight excluding hydrogens is 270 g/mol. The van der Waals surface area contributed by atoms with Gasteiger partial charge in [0.25, 0.3) is 0 Å². The Hall–Kier alpha value is -2.18. The van der Waals surface area contributed by atoms with Crippen molar-refractivity contribution in [1.29, 1.82) is 0 Å². The van der Waals surface area contributed by atoms with E-state index in [-0.39, 0.29) is 12.8 Å². The summed E-state index contributed by atoms with van der Waals surface area (Å²) in [5.41, 5.74) is 3.46. The Bertz CT molecular complexity index is 498. The maximum atomic E-state index is 13.3. The molecule has 3 N–H and O–H groups in total. The van der Waals surface area contributed by atoms with Crippen LogP contribution in [-0.4, -0.2) is 17.6 Å². The van der Waals surface area contributed by atoms with Gasteiger partial charge >= 0.3 is 6.09 Å². The minimum Gasteiger partial charge on any atom is -0.444 e. The number of carbonyl (C=O) groups is 2. The van der Waals surface area contributed by atoms with Gasteiger partial charge in [-0.2, -0.15) is 0 Å². The van der Waals surface area contributed by atoms with Gasteiger partial charge in [0.05, 0.1) is 0 Å². The normalized spacial score (nSPS) is 11.0. The van der Waals surface area contributed by atoms with Crippen molar-refractivity contribution >= 4 is 17.7 Å². The second-order valence-corrected chi connectivity index (χ2v) is 4.83. The number of ether oxygens (including phenoxy) is 1. The third kappa shape index (κ3) is 4.83. The lowest BCUT2D eigenvalue weighted by Gasteiger charge is -2.23. The summed E-state index contributed by atoms with van der Waals surface area (Å²) >= 11 is 0. The number of carbonyl (C=O) groups excluding carboxylic acids is 2. The third-order valence-corrected chi connectivity index (χ3v) is 2.56. The van der Waals surface area contributed by atoms with E-state index in [4.69, 9.17) is 10.5 Å². The van der Waals surface area contributed by atoms with Crippen molar-refractivity contribution in [1.82, 2.24) is 0 Å². The number of anilines is 1. The molecule has 110 valence electrons. The molecule has 0 atom stereocenters. The number of hydrogen-bond donors (Lipinski definition) is 2. The average molecular weight is 286 g/mol. The highest BCUT2D eigenvalue weighted by atomic mass is 19.1. The lowest BCUT2D eigenvalue weighted by Crippen LogP contribution is -2.32. The van der Waals surface area contributed by atoms with Crippen LogP contribution in [-0.2, 0) is 9.53 Å². The molecule has 0 aliphatic heterocycles. The summed E-state index contributed by atoms with van der Waals surface area (Å²) in [6, 6.07) is 3.28. The molecule has 0 bridgehead atoms. The number of amides is 2. The first kappa shape index (κ1) is 15.9.